The minimum Gasteiger partial charge on any atom is -0.323 e. The van der Waals surface area contributed by atoms with Gasteiger partial charge in [0.2, 0.25) is 5.91 Å². The lowest BCUT2D eigenvalue weighted by Crippen LogP contribution is -2.51. The van der Waals surface area contributed by atoms with Crippen LogP contribution in [-0.2, 0) is 9.59 Å². The Morgan fingerprint density at radius 1 is 1.25 bits per heavy atom. The van der Waals surface area contributed by atoms with Gasteiger partial charge in [0, 0.05) is 6.07 Å². The fraction of sp³-hybridized carbons (Fsp3) is 0.550. The fourth-order valence-electron chi connectivity index (χ4n) is 4.06. The van der Waals surface area contributed by atoms with E-state index in [1.54, 1.807) is 0 Å². The van der Waals surface area contributed by atoms with Gasteiger partial charge in [-0.05, 0) is 49.1 Å². The molecule has 0 radical (unpaired) electrons. The van der Waals surface area contributed by atoms with Gasteiger partial charge in [0.25, 0.3) is 5.91 Å². The lowest BCUT2D eigenvalue weighted by atomic mass is 9.67. The summed E-state index contributed by atoms with van der Waals surface area (Å²) >= 11 is 0. The Balaban J connectivity index is 1.65. The fourth-order valence-corrected chi connectivity index (χ4v) is 4.06. The molecule has 0 unspecified atom stereocenters. The molecule has 4 amide bonds. The molecule has 1 aromatic rings. The molecule has 2 fully saturated rings. The van der Waals surface area contributed by atoms with Crippen LogP contribution in [0.25, 0.3) is 0 Å². The lowest BCUT2D eigenvalue weighted by molar-refractivity contribution is -0.135. The topological polar surface area (TPSA) is 78.5 Å². The van der Waals surface area contributed by atoms with Crippen LogP contribution >= 0.6 is 0 Å². The second-order valence-corrected chi connectivity index (χ2v) is 8.72. The first-order valence-electron chi connectivity index (χ1n) is 9.41. The van der Waals surface area contributed by atoms with Crippen molar-refractivity contribution < 1.29 is 23.2 Å². The van der Waals surface area contributed by atoms with E-state index in [1.165, 1.54) is 0 Å². The van der Waals surface area contributed by atoms with E-state index in [-0.39, 0.29) is 11.1 Å². The maximum atomic E-state index is 13.7. The number of rotatable bonds is 3. The highest BCUT2D eigenvalue weighted by molar-refractivity contribution is 6.10. The average molecular weight is 393 g/mol. The van der Waals surface area contributed by atoms with Crippen LogP contribution in [0.4, 0.5) is 19.3 Å². The molecular formula is C20H25F2N3O3. The second kappa shape index (κ2) is 7.14. The van der Waals surface area contributed by atoms with Gasteiger partial charge in [0.1, 0.15) is 23.7 Å². The van der Waals surface area contributed by atoms with Gasteiger partial charge in [0.15, 0.2) is 0 Å². The van der Waals surface area contributed by atoms with E-state index in [1.807, 2.05) is 0 Å². The van der Waals surface area contributed by atoms with E-state index in [4.69, 9.17) is 0 Å². The summed E-state index contributed by atoms with van der Waals surface area (Å²) in [5.74, 6) is -2.38. The van der Waals surface area contributed by atoms with E-state index in [2.05, 4.69) is 31.4 Å². The molecule has 1 aromatic carbocycles. The van der Waals surface area contributed by atoms with Gasteiger partial charge in [-0.3, -0.25) is 14.5 Å². The molecule has 6 nitrogen and oxygen atoms in total. The van der Waals surface area contributed by atoms with E-state index < -0.39 is 41.6 Å². The van der Waals surface area contributed by atoms with Crippen LogP contribution < -0.4 is 10.6 Å². The zero-order chi connectivity index (χ0) is 20.7. The Morgan fingerprint density at radius 3 is 2.46 bits per heavy atom. The number of hydrogen-bond acceptors (Lipinski definition) is 3. The SMILES string of the molecule is CC(C)(C)C1CCC2(CC1)NC(=O)N(CC(=O)Nc1ccc(F)cc1F)C2=O. The minimum absolute atomic E-state index is 0.131. The van der Waals surface area contributed by atoms with Crippen molar-refractivity contribution >= 4 is 23.5 Å². The molecule has 28 heavy (non-hydrogen) atoms. The molecule has 0 bridgehead atoms. The van der Waals surface area contributed by atoms with E-state index in [0.29, 0.717) is 24.8 Å². The van der Waals surface area contributed by atoms with Crippen molar-refractivity contribution in [3.63, 3.8) is 0 Å². The number of nitrogens with zero attached hydrogens (tertiary/aromatic N) is 1. The van der Waals surface area contributed by atoms with Gasteiger partial charge < -0.3 is 10.6 Å². The number of urea groups is 1. The molecule has 2 N–H and O–H groups in total. The molecule has 1 aliphatic heterocycles. The van der Waals surface area contributed by atoms with Crippen LogP contribution in [0.15, 0.2) is 18.2 Å². The third-order valence-corrected chi connectivity index (χ3v) is 5.82. The zero-order valence-corrected chi connectivity index (χ0v) is 16.3. The predicted octanol–water partition coefficient (Wildman–Crippen LogP) is 3.43. The number of carbonyl (C=O) groups is 3. The minimum atomic E-state index is -0.958. The van der Waals surface area contributed by atoms with E-state index >= 15 is 0 Å². The Labute approximate surface area is 162 Å². The van der Waals surface area contributed by atoms with Crippen LogP contribution in [-0.4, -0.2) is 34.8 Å². The van der Waals surface area contributed by atoms with E-state index in [9.17, 15) is 23.2 Å². The van der Waals surface area contributed by atoms with Crippen molar-refractivity contribution in [2.75, 3.05) is 11.9 Å². The number of benzene rings is 1. The van der Waals surface area contributed by atoms with Gasteiger partial charge in [-0.1, -0.05) is 20.8 Å². The Bertz CT molecular complexity index is 811. The van der Waals surface area contributed by atoms with Crippen molar-refractivity contribution in [3.05, 3.63) is 29.8 Å². The number of halogens is 2. The lowest BCUT2D eigenvalue weighted by Gasteiger charge is -2.40. The molecule has 1 saturated carbocycles. The molecule has 8 heteroatoms. The predicted molar refractivity (Wildman–Crippen MR) is 99.4 cm³/mol. The number of amides is 4. The maximum Gasteiger partial charge on any atom is 0.325 e. The normalized spacial score (nSPS) is 25.2. The summed E-state index contributed by atoms with van der Waals surface area (Å²) in [5, 5.41) is 5.03. The molecular weight excluding hydrogens is 368 g/mol. The summed E-state index contributed by atoms with van der Waals surface area (Å²) in [6.07, 6.45) is 2.70. The monoisotopic (exact) mass is 393 g/mol. The first-order chi connectivity index (χ1) is 13.0. The first-order valence-corrected chi connectivity index (χ1v) is 9.41. The van der Waals surface area contributed by atoms with Crippen molar-refractivity contribution in [2.45, 2.75) is 52.0 Å². The molecule has 0 atom stereocenters. The van der Waals surface area contributed by atoms with Crippen molar-refractivity contribution in [3.8, 4) is 0 Å². The zero-order valence-electron chi connectivity index (χ0n) is 16.3. The maximum absolute atomic E-state index is 13.7. The largest absolute Gasteiger partial charge is 0.325 e. The first kappa shape index (κ1) is 20.2. The highest BCUT2D eigenvalue weighted by Gasteiger charge is 2.53. The van der Waals surface area contributed by atoms with Crippen molar-refractivity contribution in [1.82, 2.24) is 10.2 Å². The number of nitrogens with one attached hydrogen (secondary N) is 2. The van der Waals surface area contributed by atoms with Gasteiger partial charge in [-0.25, -0.2) is 13.6 Å². The molecule has 3 rings (SSSR count). The molecule has 152 valence electrons. The Hall–Kier alpha value is -2.51. The summed E-state index contributed by atoms with van der Waals surface area (Å²) in [5.41, 5.74) is -1.04. The van der Waals surface area contributed by atoms with Gasteiger partial charge >= 0.3 is 6.03 Å². The summed E-state index contributed by atoms with van der Waals surface area (Å²) in [6, 6.07) is 2.12. The number of hydrogen-bond donors (Lipinski definition) is 2. The summed E-state index contributed by atoms with van der Waals surface area (Å²) < 4.78 is 26.6. The number of anilines is 1. The molecule has 1 heterocycles. The standard InChI is InChI=1S/C20H25F2N3O3/c1-19(2,3)12-6-8-20(9-7-12)17(27)25(18(28)24-20)11-16(26)23-15-5-4-13(21)10-14(15)22/h4-5,10,12H,6-9,11H2,1-3H3,(H,23,26)(H,24,28). The van der Waals surface area contributed by atoms with Crippen LogP contribution in [0, 0.1) is 23.0 Å². The second-order valence-electron chi connectivity index (χ2n) is 8.72. The van der Waals surface area contributed by atoms with Crippen molar-refractivity contribution in [1.29, 1.82) is 0 Å². The highest BCUT2D eigenvalue weighted by Crippen LogP contribution is 2.43. The van der Waals surface area contributed by atoms with Gasteiger partial charge in [-0.15, -0.1) is 0 Å². The smallest absolute Gasteiger partial charge is 0.323 e. The molecule has 1 saturated heterocycles. The van der Waals surface area contributed by atoms with E-state index in [0.717, 1.165) is 29.9 Å². The molecule has 1 spiro atoms. The summed E-state index contributed by atoms with van der Waals surface area (Å²) in [6.45, 7) is 5.97. The third-order valence-electron chi connectivity index (χ3n) is 5.82. The van der Waals surface area contributed by atoms with Crippen LogP contribution in [0.5, 0.6) is 0 Å². The number of carbonyl (C=O) groups excluding carboxylic acids is 3. The van der Waals surface area contributed by atoms with Gasteiger partial charge in [-0.2, -0.15) is 0 Å². The number of imide groups is 1. The van der Waals surface area contributed by atoms with Crippen LogP contribution in [0.2, 0.25) is 0 Å². The third kappa shape index (κ3) is 3.86. The van der Waals surface area contributed by atoms with Crippen LogP contribution in [0.1, 0.15) is 46.5 Å². The highest BCUT2D eigenvalue weighted by atomic mass is 19.1. The van der Waals surface area contributed by atoms with Crippen molar-refractivity contribution in [2.24, 2.45) is 11.3 Å². The summed E-state index contributed by atoms with van der Waals surface area (Å²) in [7, 11) is 0. The molecule has 1 aliphatic carbocycles. The molecule has 2 aliphatic rings. The van der Waals surface area contributed by atoms with Gasteiger partial charge in [0.05, 0.1) is 5.69 Å². The average Bonchev–Trinajstić information content (AvgIpc) is 2.81. The quantitative estimate of drug-likeness (QED) is 0.773. The molecule has 0 aromatic heterocycles. The summed E-state index contributed by atoms with van der Waals surface area (Å²) in [4.78, 5) is 38.3. The van der Waals surface area contributed by atoms with Crippen LogP contribution in [0.3, 0.4) is 0 Å². The Kier molecular flexibility index (Phi) is 5.16. The Morgan fingerprint density at radius 2 is 1.89 bits per heavy atom.